The van der Waals surface area contributed by atoms with Gasteiger partial charge in [0.15, 0.2) is 0 Å². The summed E-state index contributed by atoms with van der Waals surface area (Å²) in [6.45, 7) is 3.96. The van der Waals surface area contributed by atoms with E-state index in [2.05, 4.69) is 32.2 Å². The van der Waals surface area contributed by atoms with Gasteiger partial charge in [-0.05, 0) is 42.8 Å². The lowest BCUT2D eigenvalue weighted by molar-refractivity contribution is 0.264. The van der Waals surface area contributed by atoms with Gasteiger partial charge in [-0.1, -0.05) is 35.9 Å². The number of imidazole rings is 1. The summed E-state index contributed by atoms with van der Waals surface area (Å²) < 4.78 is 15.9. The van der Waals surface area contributed by atoms with Crippen molar-refractivity contribution in [3.05, 3.63) is 65.3 Å². The summed E-state index contributed by atoms with van der Waals surface area (Å²) in [6.07, 6.45) is 6.39. The van der Waals surface area contributed by atoms with Crippen LogP contribution in [0, 0.1) is 5.82 Å². The molecule has 0 saturated carbocycles. The van der Waals surface area contributed by atoms with Gasteiger partial charge in [0, 0.05) is 30.5 Å². The fourth-order valence-corrected chi connectivity index (χ4v) is 5.03. The Morgan fingerprint density at radius 3 is 2.97 bits per heavy atom. The van der Waals surface area contributed by atoms with Crippen molar-refractivity contribution in [1.82, 2.24) is 24.5 Å². The summed E-state index contributed by atoms with van der Waals surface area (Å²) in [5.41, 5.74) is 2.74. The highest BCUT2D eigenvalue weighted by Gasteiger charge is 2.35. The maximum absolute atomic E-state index is 14.1. The van der Waals surface area contributed by atoms with Gasteiger partial charge in [0.2, 0.25) is 10.1 Å². The molecule has 0 spiro atoms. The van der Waals surface area contributed by atoms with Crippen molar-refractivity contribution in [3.63, 3.8) is 0 Å². The number of aromatic nitrogens is 4. The van der Waals surface area contributed by atoms with E-state index in [0.717, 1.165) is 46.4 Å². The minimum absolute atomic E-state index is 0.0592. The maximum Gasteiger partial charge on any atom is 0.214 e. The van der Waals surface area contributed by atoms with E-state index in [1.807, 2.05) is 24.4 Å². The fourth-order valence-electron chi connectivity index (χ4n) is 4.07. The molecule has 1 saturated heterocycles. The third-order valence-electron chi connectivity index (χ3n) is 5.50. The average molecular weight is 443 g/mol. The van der Waals surface area contributed by atoms with E-state index in [1.165, 1.54) is 11.3 Å². The van der Waals surface area contributed by atoms with E-state index in [1.54, 1.807) is 29.0 Å². The number of likely N-dealkylation sites (tertiary alicyclic amines) is 1. The van der Waals surface area contributed by atoms with Crippen molar-refractivity contribution in [2.45, 2.75) is 25.4 Å². The second-order valence-corrected chi connectivity index (χ2v) is 8.65. The SMILES string of the molecule is CCN1CCC(Nc2nn3cc(-c4cccnc4)nc3s2)C1c1ccc(Cl)c(F)c1. The first kappa shape index (κ1) is 19.4. The van der Waals surface area contributed by atoms with Crippen LogP contribution < -0.4 is 5.32 Å². The number of benzene rings is 1. The molecule has 1 aromatic carbocycles. The molecule has 4 aromatic rings. The number of nitrogens with zero attached hydrogens (tertiary/aromatic N) is 5. The quantitative estimate of drug-likeness (QED) is 0.476. The number of fused-ring (bicyclic) bond motifs is 1. The van der Waals surface area contributed by atoms with Crippen molar-refractivity contribution in [2.24, 2.45) is 0 Å². The maximum atomic E-state index is 14.1. The molecule has 2 unspecified atom stereocenters. The molecule has 4 heterocycles. The predicted octanol–water partition coefficient (Wildman–Crippen LogP) is 4.89. The molecule has 1 fully saturated rings. The third kappa shape index (κ3) is 3.55. The summed E-state index contributed by atoms with van der Waals surface area (Å²) in [5, 5.41) is 9.17. The molecule has 0 radical (unpaired) electrons. The largest absolute Gasteiger partial charge is 0.355 e. The molecule has 2 atom stereocenters. The second-order valence-electron chi connectivity index (χ2n) is 7.29. The monoisotopic (exact) mass is 442 g/mol. The molecule has 1 aliphatic heterocycles. The van der Waals surface area contributed by atoms with Gasteiger partial charge in [-0.15, -0.1) is 5.10 Å². The Balaban J connectivity index is 1.40. The van der Waals surface area contributed by atoms with Gasteiger partial charge in [-0.2, -0.15) is 0 Å². The predicted molar refractivity (Wildman–Crippen MR) is 118 cm³/mol. The minimum Gasteiger partial charge on any atom is -0.355 e. The number of halogens is 2. The number of hydrogen-bond donors (Lipinski definition) is 1. The molecular weight excluding hydrogens is 423 g/mol. The topological polar surface area (TPSA) is 58.4 Å². The Morgan fingerprint density at radius 1 is 1.33 bits per heavy atom. The molecule has 1 N–H and O–H groups in total. The summed E-state index contributed by atoms with van der Waals surface area (Å²) in [5.74, 6) is -0.383. The molecule has 0 bridgehead atoms. The highest BCUT2D eigenvalue weighted by atomic mass is 35.5. The van der Waals surface area contributed by atoms with Crippen molar-refractivity contribution >= 4 is 33.0 Å². The van der Waals surface area contributed by atoms with E-state index < -0.39 is 0 Å². The average Bonchev–Trinajstić information content (AvgIpc) is 3.44. The first-order chi connectivity index (χ1) is 14.6. The molecule has 5 rings (SSSR count). The highest BCUT2D eigenvalue weighted by Crippen LogP contribution is 2.36. The van der Waals surface area contributed by atoms with E-state index in [-0.39, 0.29) is 22.9 Å². The van der Waals surface area contributed by atoms with Crippen LogP contribution in [0.15, 0.2) is 48.9 Å². The molecule has 9 heteroatoms. The van der Waals surface area contributed by atoms with Crippen LogP contribution in [0.2, 0.25) is 5.02 Å². The lowest BCUT2D eigenvalue weighted by Gasteiger charge is -2.28. The standard InChI is InChI=1S/C21H20ClFN6S/c1-2-28-9-7-17(19(28)13-5-6-15(22)16(23)10-13)25-20-27-29-12-18(26-21(29)30-20)14-4-3-8-24-11-14/h3-6,8,10-12,17,19H,2,7,9H2,1H3,(H,25,27). The number of nitrogens with one attached hydrogen (secondary N) is 1. The van der Waals surface area contributed by atoms with Gasteiger partial charge in [0.25, 0.3) is 0 Å². The minimum atomic E-state index is -0.383. The Bertz CT molecular complexity index is 1150. The lowest BCUT2D eigenvalue weighted by Crippen LogP contribution is -2.31. The second kappa shape index (κ2) is 7.94. The Morgan fingerprint density at radius 2 is 2.23 bits per heavy atom. The lowest BCUT2D eigenvalue weighted by atomic mass is 10.00. The van der Waals surface area contributed by atoms with Gasteiger partial charge in [0.05, 0.1) is 23.0 Å². The molecular formula is C21H20ClFN6S. The first-order valence-corrected chi connectivity index (χ1v) is 11.0. The van der Waals surface area contributed by atoms with Crippen LogP contribution >= 0.6 is 22.9 Å². The molecule has 30 heavy (non-hydrogen) atoms. The van der Waals surface area contributed by atoms with Gasteiger partial charge in [-0.25, -0.2) is 13.9 Å². The number of pyridine rings is 1. The van der Waals surface area contributed by atoms with Crippen molar-refractivity contribution in [3.8, 4) is 11.3 Å². The van der Waals surface area contributed by atoms with Crippen LogP contribution in [0.3, 0.4) is 0 Å². The molecule has 3 aromatic heterocycles. The van der Waals surface area contributed by atoms with Crippen molar-refractivity contribution in [1.29, 1.82) is 0 Å². The number of rotatable bonds is 5. The van der Waals surface area contributed by atoms with E-state index in [9.17, 15) is 4.39 Å². The number of anilines is 1. The smallest absolute Gasteiger partial charge is 0.214 e. The molecule has 0 aliphatic carbocycles. The molecule has 0 amide bonds. The van der Waals surface area contributed by atoms with Crippen LogP contribution in [-0.2, 0) is 0 Å². The molecule has 154 valence electrons. The van der Waals surface area contributed by atoms with Crippen LogP contribution in [0.25, 0.3) is 16.2 Å². The van der Waals surface area contributed by atoms with E-state index in [0.29, 0.717) is 0 Å². The van der Waals surface area contributed by atoms with Gasteiger partial charge in [0.1, 0.15) is 5.82 Å². The van der Waals surface area contributed by atoms with Crippen LogP contribution in [-0.4, -0.2) is 43.6 Å². The zero-order valence-electron chi connectivity index (χ0n) is 16.3. The van der Waals surface area contributed by atoms with Crippen LogP contribution in [0.4, 0.5) is 9.52 Å². The number of likely N-dealkylation sites (N-methyl/N-ethyl adjacent to an activating group) is 1. The van der Waals surface area contributed by atoms with Crippen molar-refractivity contribution in [2.75, 3.05) is 18.4 Å². The zero-order chi connectivity index (χ0) is 20.7. The van der Waals surface area contributed by atoms with Gasteiger partial charge >= 0.3 is 0 Å². The van der Waals surface area contributed by atoms with Crippen LogP contribution in [0.5, 0.6) is 0 Å². The number of hydrogen-bond acceptors (Lipinski definition) is 6. The molecule has 6 nitrogen and oxygen atoms in total. The van der Waals surface area contributed by atoms with Gasteiger partial charge in [-0.3, -0.25) is 9.88 Å². The highest BCUT2D eigenvalue weighted by molar-refractivity contribution is 7.20. The normalized spacial score (nSPS) is 19.6. The Labute approximate surface area is 182 Å². The summed E-state index contributed by atoms with van der Waals surface area (Å²) in [7, 11) is 0. The van der Waals surface area contributed by atoms with Crippen molar-refractivity contribution < 1.29 is 4.39 Å². The molecule has 1 aliphatic rings. The Kier molecular flexibility index (Phi) is 5.14. The van der Waals surface area contributed by atoms with Gasteiger partial charge < -0.3 is 5.32 Å². The zero-order valence-corrected chi connectivity index (χ0v) is 17.9. The summed E-state index contributed by atoms with van der Waals surface area (Å²) in [4.78, 5) is 12.0. The first-order valence-electron chi connectivity index (χ1n) is 9.84. The van der Waals surface area contributed by atoms with E-state index >= 15 is 0 Å². The fraction of sp³-hybridized carbons (Fsp3) is 0.286. The summed E-state index contributed by atoms with van der Waals surface area (Å²) in [6, 6.07) is 9.14. The Hall–Kier alpha value is -2.55. The van der Waals surface area contributed by atoms with E-state index in [4.69, 9.17) is 11.6 Å². The summed E-state index contributed by atoms with van der Waals surface area (Å²) >= 11 is 7.39. The third-order valence-corrected chi connectivity index (χ3v) is 6.66. The van der Waals surface area contributed by atoms with Crippen LogP contribution in [0.1, 0.15) is 24.9 Å².